The van der Waals surface area contributed by atoms with E-state index in [9.17, 15) is 0 Å². The number of aromatic nitrogens is 2. The van der Waals surface area contributed by atoms with Crippen molar-refractivity contribution in [2.24, 2.45) is 0 Å². The van der Waals surface area contributed by atoms with Gasteiger partial charge in [0.15, 0.2) is 0 Å². The number of benzene rings is 4. The largest absolute Gasteiger partial charge is 0.456 e. The zero-order valence-corrected chi connectivity index (χ0v) is 16.2. The molecule has 0 amide bonds. The van der Waals surface area contributed by atoms with Gasteiger partial charge in [0, 0.05) is 27.5 Å². The number of furan rings is 1. The van der Waals surface area contributed by atoms with E-state index in [0.717, 1.165) is 55.8 Å². The molecule has 0 saturated heterocycles. The maximum absolute atomic E-state index is 6.12. The molecule has 1 N–H and O–H groups in total. The Hall–Kier alpha value is -4.11. The Morgan fingerprint density at radius 3 is 2.07 bits per heavy atom. The highest BCUT2D eigenvalue weighted by Crippen LogP contribution is 2.40. The number of fused-ring (bicyclic) bond motifs is 3. The van der Waals surface area contributed by atoms with Crippen LogP contribution in [0, 0.1) is 0 Å². The van der Waals surface area contributed by atoms with Crippen molar-refractivity contribution >= 4 is 21.9 Å². The molecule has 142 valence electrons. The number of rotatable bonds is 3. The predicted octanol–water partition coefficient (Wildman–Crippen LogP) is 7.31. The van der Waals surface area contributed by atoms with Gasteiger partial charge in [0.05, 0.1) is 11.4 Å². The molecule has 0 spiro atoms. The van der Waals surface area contributed by atoms with Gasteiger partial charge in [0.2, 0.25) is 0 Å². The first-order chi connectivity index (χ1) is 14.9. The van der Waals surface area contributed by atoms with E-state index in [2.05, 4.69) is 47.4 Å². The van der Waals surface area contributed by atoms with Crippen LogP contribution in [0.25, 0.3) is 55.8 Å². The summed E-state index contributed by atoms with van der Waals surface area (Å²) < 4.78 is 6.12. The second-order valence-electron chi connectivity index (χ2n) is 7.32. The summed E-state index contributed by atoms with van der Waals surface area (Å²) in [6, 6.07) is 34.9. The summed E-state index contributed by atoms with van der Waals surface area (Å²) >= 11 is 0. The van der Waals surface area contributed by atoms with E-state index in [1.54, 1.807) is 0 Å². The molecule has 6 rings (SSSR count). The first-order valence-electron chi connectivity index (χ1n) is 10.00. The first kappa shape index (κ1) is 16.8. The van der Waals surface area contributed by atoms with Gasteiger partial charge >= 0.3 is 0 Å². The van der Waals surface area contributed by atoms with E-state index in [1.165, 1.54) is 0 Å². The SMILES string of the molecule is c1ccc(-c2nc(-c3ccccc3)c(-c3cccc4oc5ccccc5c34)[nH]2)cc1. The summed E-state index contributed by atoms with van der Waals surface area (Å²) in [5, 5.41) is 2.21. The molecule has 0 fully saturated rings. The summed E-state index contributed by atoms with van der Waals surface area (Å²) in [6.45, 7) is 0. The van der Waals surface area contributed by atoms with Gasteiger partial charge in [-0.3, -0.25) is 0 Å². The third-order valence-electron chi connectivity index (χ3n) is 5.47. The van der Waals surface area contributed by atoms with Crippen molar-refractivity contribution in [2.75, 3.05) is 0 Å². The van der Waals surface area contributed by atoms with Crippen LogP contribution in [0.15, 0.2) is 108 Å². The van der Waals surface area contributed by atoms with Gasteiger partial charge in [-0.25, -0.2) is 4.98 Å². The highest BCUT2D eigenvalue weighted by atomic mass is 16.3. The van der Waals surface area contributed by atoms with Gasteiger partial charge in [-0.1, -0.05) is 91.0 Å². The van der Waals surface area contributed by atoms with Crippen LogP contribution in [0.4, 0.5) is 0 Å². The van der Waals surface area contributed by atoms with Crippen molar-refractivity contribution in [3.8, 4) is 33.9 Å². The molecule has 4 aromatic carbocycles. The molecule has 3 heteroatoms. The van der Waals surface area contributed by atoms with E-state index in [4.69, 9.17) is 9.40 Å². The number of para-hydroxylation sites is 1. The monoisotopic (exact) mass is 386 g/mol. The minimum atomic E-state index is 0.856. The molecule has 30 heavy (non-hydrogen) atoms. The van der Waals surface area contributed by atoms with Crippen LogP contribution in [0.2, 0.25) is 0 Å². The topological polar surface area (TPSA) is 41.8 Å². The molecule has 0 aliphatic heterocycles. The zero-order valence-electron chi connectivity index (χ0n) is 16.2. The quantitative estimate of drug-likeness (QED) is 0.346. The Balaban J connectivity index is 1.68. The van der Waals surface area contributed by atoms with Crippen molar-refractivity contribution in [3.63, 3.8) is 0 Å². The fraction of sp³-hybridized carbons (Fsp3) is 0. The third-order valence-corrected chi connectivity index (χ3v) is 5.47. The molecule has 0 saturated carbocycles. The maximum atomic E-state index is 6.12. The van der Waals surface area contributed by atoms with Gasteiger partial charge < -0.3 is 9.40 Å². The lowest BCUT2D eigenvalue weighted by molar-refractivity contribution is 0.669. The van der Waals surface area contributed by atoms with Crippen LogP contribution >= 0.6 is 0 Å². The second kappa shape index (κ2) is 6.75. The van der Waals surface area contributed by atoms with E-state index in [0.29, 0.717) is 0 Å². The van der Waals surface area contributed by atoms with Gasteiger partial charge in [0.1, 0.15) is 17.0 Å². The Labute approximate surface area is 173 Å². The van der Waals surface area contributed by atoms with Crippen LogP contribution in [-0.4, -0.2) is 9.97 Å². The molecule has 3 nitrogen and oxygen atoms in total. The molecule has 2 aromatic heterocycles. The second-order valence-corrected chi connectivity index (χ2v) is 7.32. The van der Waals surface area contributed by atoms with E-state index in [1.807, 2.05) is 60.7 Å². The Morgan fingerprint density at radius 2 is 1.27 bits per heavy atom. The van der Waals surface area contributed by atoms with Crippen molar-refractivity contribution in [2.45, 2.75) is 0 Å². The standard InChI is InChI=1S/C27H18N2O/c1-3-10-18(11-4-1)25-26(29-27(28-25)19-12-5-2-6-13-19)21-15-9-17-23-24(21)20-14-7-8-16-22(20)30-23/h1-17H,(H,28,29). The van der Waals surface area contributed by atoms with Crippen molar-refractivity contribution in [3.05, 3.63) is 103 Å². The Bertz CT molecular complexity index is 1480. The highest BCUT2D eigenvalue weighted by molar-refractivity contribution is 6.13. The predicted molar refractivity (Wildman–Crippen MR) is 122 cm³/mol. The lowest BCUT2D eigenvalue weighted by atomic mass is 10.00. The minimum Gasteiger partial charge on any atom is -0.456 e. The van der Waals surface area contributed by atoms with E-state index < -0.39 is 0 Å². The molecule has 0 bridgehead atoms. The fourth-order valence-electron chi connectivity index (χ4n) is 4.09. The molecular weight excluding hydrogens is 368 g/mol. The lowest BCUT2D eigenvalue weighted by Gasteiger charge is -2.05. The zero-order chi connectivity index (χ0) is 19.9. The van der Waals surface area contributed by atoms with Crippen LogP contribution < -0.4 is 0 Å². The lowest BCUT2D eigenvalue weighted by Crippen LogP contribution is -1.85. The Kier molecular flexibility index (Phi) is 3.78. The smallest absolute Gasteiger partial charge is 0.138 e. The average molecular weight is 386 g/mol. The number of imidazole rings is 1. The summed E-state index contributed by atoms with van der Waals surface area (Å²) in [5.41, 5.74) is 6.93. The summed E-state index contributed by atoms with van der Waals surface area (Å²) in [7, 11) is 0. The molecule has 0 unspecified atom stereocenters. The number of nitrogens with zero attached hydrogens (tertiary/aromatic N) is 1. The number of aromatic amines is 1. The maximum Gasteiger partial charge on any atom is 0.138 e. The van der Waals surface area contributed by atoms with Gasteiger partial charge in [-0.2, -0.15) is 0 Å². The fourth-order valence-corrected chi connectivity index (χ4v) is 4.09. The molecule has 6 aromatic rings. The number of hydrogen-bond donors (Lipinski definition) is 1. The van der Waals surface area contributed by atoms with Crippen molar-refractivity contribution in [1.82, 2.24) is 9.97 Å². The molecule has 0 atom stereocenters. The van der Waals surface area contributed by atoms with Crippen LogP contribution in [0.1, 0.15) is 0 Å². The highest BCUT2D eigenvalue weighted by Gasteiger charge is 2.19. The van der Waals surface area contributed by atoms with Crippen molar-refractivity contribution < 1.29 is 4.42 Å². The average Bonchev–Trinajstić information content (AvgIpc) is 3.42. The van der Waals surface area contributed by atoms with Gasteiger partial charge in [-0.15, -0.1) is 0 Å². The minimum absolute atomic E-state index is 0.856. The molecule has 0 aliphatic carbocycles. The number of nitrogens with one attached hydrogen (secondary N) is 1. The van der Waals surface area contributed by atoms with Crippen LogP contribution in [0.3, 0.4) is 0 Å². The normalized spacial score (nSPS) is 11.3. The van der Waals surface area contributed by atoms with Crippen LogP contribution in [0.5, 0.6) is 0 Å². The van der Waals surface area contributed by atoms with Gasteiger partial charge in [-0.05, 0) is 12.1 Å². The van der Waals surface area contributed by atoms with Gasteiger partial charge in [0.25, 0.3) is 0 Å². The molecule has 2 heterocycles. The summed E-state index contributed by atoms with van der Waals surface area (Å²) in [6.07, 6.45) is 0. The number of H-pyrrole nitrogens is 1. The van der Waals surface area contributed by atoms with Crippen LogP contribution in [-0.2, 0) is 0 Å². The summed E-state index contributed by atoms with van der Waals surface area (Å²) in [5.74, 6) is 0.856. The number of hydrogen-bond acceptors (Lipinski definition) is 2. The first-order valence-corrected chi connectivity index (χ1v) is 10.00. The van der Waals surface area contributed by atoms with E-state index in [-0.39, 0.29) is 0 Å². The summed E-state index contributed by atoms with van der Waals surface area (Å²) in [4.78, 5) is 8.62. The molecular formula is C27H18N2O. The third kappa shape index (κ3) is 2.64. The van der Waals surface area contributed by atoms with E-state index >= 15 is 0 Å². The van der Waals surface area contributed by atoms with Crippen molar-refractivity contribution in [1.29, 1.82) is 0 Å². The molecule has 0 aliphatic rings. The Morgan fingerprint density at radius 1 is 0.600 bits per heavy atom. The molecule has 0 radical (unpaired) electrons.